The second kappa shape index (κ2) is 7.28. The van der Waals surface area contributed by atoms with Crippen LogP contribution in [0.5, 0.6) is 5.75 Å². The summed E-state index contributed by atoms with van der Waals surface area (Å²) < 4.78 is 66.3. The zero-order valence-electron chi connectivity index (χ0n) is 15.2. The molecule has 0 saturated heterocycles. The fourth-order valence-electron chi connectivity index (χ4n) is 3.09. The maximum atomic E-state index is 11.7. The first-order valence-electron chi connectivity index (χ1n) is 8.39. The summed E-state index contributed by atoms with van der Waals surface area (Å²) in [6.07, 6.45) is 1.46. The van der Waals surface area contributed by atoms with Gasteiger partial charge in [0.25, 0.3) is 20.2 Å². The smallest absolute Gasteiger partial charge is 0.298 e. The molecule has 3 aromatic carbocycles. The van der Waals surface area contributed by atoms with Gasteiger partial charge in [-0.15, -0.1) is 10.2 Å². The predicted octanol–water partition coefficient (Wildman–Crippen LogP) is 4.41. The van der Waals surface area contributed by atoms with E-state index in [1.807, 2.05) is 0 Å². The summed E-state index contributed by atoms with van der Waals surface area (Å²) in [5.41, 5.74) is 0.611. The third-order valence-electron chi connectivity index (χ3n) is 4.50. The average Bonchev–Trinajstić information content (AvgIpc) is 3.01. The topological polar surface area (TPSA) is 159 Å². The Morgan fingerprint density at radius 1 is 0.871 bits per heavy atom. The summed E-state index contributed by atoms with van der Waals surface area (Å²) in [7, 11) is -9.49. The number of hydrogen-bond donors (Lipinski definition) is 3. The summed E-state index contributed by atoms with van der Waals surface area (Å²) >= 11 is 6.10. The molecule has 0 atom stereocenters. The van der Waals surface area contributed by atoms with Crippen molar-refractivity contribution in [2.24, 2.45) is 10.2 Å². The number of rotatable bonds is 4. The van der Waals surface area contributed by atoms with Crippen LogP contribution in [0.15, 0.2) is 74.7 Å². The molecule has 0 unspecified atom stereocenters. The molecular formula is C18H12ClN3O7S2. The molecule has 0 aliphatic carbocycles. The number of fused-ring (bicyclic) bond motifs is 2. The van der Waals surface area contributed by atoms with Crippen LogP contribution in [0.25, 0.3) is 21.7 Å². The van der Waals surface area contributed by atoms with Gasteiger partial charge in [-0.3, -0.25) is 13.2 Å². The zero-order valence-corrected chi connectivity index (χ0v) is 17.6. The molecule has 4 rings (SSSR count). The van der Waals surface area contributed by atoms with E-state index < -0.39 is 35.8 Å². The maximum Gasteiger partial charge on any atom is 0.298 e. The van der Waals surface area contributed by atoms with Gasteiger partial charge in [0.05, 0.1) is 16.6 Å². The van der Waals surface area contributed by atoms with E-state index >= 15 is 0 Å². The zero-order chi connectivity index (χ0) is 22.6. The van der Waals surface area contributed by atoms with Crippen molar-refractivity contribution in [1.82, 2.24) is 4.09 Å². The molecule has 0 amide bonds. The number of benzene rings is 3. The molecule has 13 heteroatoms. The SMILES string of the molecule is O=S(=O)(O)c1ccc2c(/N=N/c3cn(Cl)c4ccccc34)c(O)c(S(=O)(=O)O)cc2c1. The first kappa shape index (κ1) is 21.2. The van der Waals surface area contributed by atoms with Crippen molar-refractivity contribution in [2.75, 3.05) is 0 Å². The highest BCUT2D eigenvalue weighted by Crippen LogP contribution is 2.42. The number of phenols is 1. The molecule has 0 aliphatic heterocycles. The number of para-hydroxylation sites is 1. The van der Waals surface area contributed by atoms with E-state index in [4.69, 9.17) is 11.8 Å². The molecule has 10 nitrogen and oxygen atoms in total. The highest BCUT2D eigenvalue weighted by atomic mass is 35.5. The molecule has 0 aliphatic rings. The second-order valence-corrected chi connectivity index (χ2v) is 9.62. The molecule has 1 heterocycles. The molecule has 0 spiro atoms. The molecule has 160 valence electrons. The standard InChI is InChI=1S/C18H12ClN3O7S2/c19-22-9-14(13-3-1-2-4-15(13)22)20-21-17-12-6-5-11(30(24,25)26)7-10(12)8-16(18(17)23)31(27,28)29/h1-9,23H,(H,24,25,26)(H,27,28,29)/b21-20+. The average molecular weight is 482 g/mol. The van der Waals surface area contributed by atoms with Gasteiger partial charge in [0.15, 0.2) is 5.75 Å². The Labute approximate surface area is 180 Å². The quantitative estimate of drug-likeness (QED) is 0.287. The van der Waals surface area contributed by atoms with E-state index in [2.05, 4.69) is 10.2 Å². The first-order valence-corrected chi connectivity index (χ1v) is 11.6. The van der Waals surface area contributed by atoms with E-state index in [0.29, 0.717) is 16.6 Å². The van der Waals surface area contributed by atoms with E-state index in [9.17, 15) is 31.0 Å². The highest BCUT2D eigenvalue weighted by Gasteiger charge is 2.23. The van der Waals surface area contributed by atoms with Gasteiger partial charge in [-0.2, -0.15) is 16.8 Å². The van der Waals surface area contributed by atoms with Crippen molar-refractivity contribution in [2.45, 2.75) is 9.79 Å². The van der Waals surface area contributed by atoms with Crippen LogP contribution < -0.4 is 0 Å². The van der Waals surface area contributed by atoms with Crippen molar-refractivity contribution < 1.29 is 31.0 Å². The summed E-state index contributed by atoms with van der Waals surface area (Å²) in [6.45, 7) is 0. The molecule has 0 fully saturated rings. The van der Waals surface area contributed by atoms with Gasteiger partial charge in [0.2, 0.25) is 0 Å². The number of aromatic nitrogens is 1. The number of halogens is 1. The molecule has 3 N–H and O–H groups in total. The molecule has 0 bridgehead atoms. The number of aromatic hydroxyl groups is 1. The predicted molar refractivity (Wildman–Crippen MR) is 113 cm³/mol. The van der Waals surface area contributed by atoms with Crippen LogP contribution in [-0.4, -0.2) is 35.1 Å². The normalized spacial score (nSPS) is 12.9. The fourth-order valence-corrected chi connectivity index (χ4v) is 4.47. The maximum absolute atomic E-state index is 11.7. The molecule has 0 radical (unpaired) electrons. The Morgan fingerprint density at radius 3 is 2.26 bits per heavy atom. The lowest BCUT2D eigenvalue weighted by Crippen LogP contribution is -2.00. The van der Waals surface area contributed by atoms with Gasteiger partial charge < -0.3 is 5.11 Å². The molecule has 4 aromatic rings. The number of phenolic OH excluding ortho intramolecular Hbond substituents is 1. The Kier molecular flexibility index (Phi) is 4.98. The lowest BCUT2D eigenvalue weighted by molar-refractivity contribution is 0.445. The van der Waals surface area contributed by atoms with Gasteiger partial charge in [-0.1, -0.05) is 24.3 Å². The second-order valence-electron chi connectivity index (χ2n) is 6.45. The van der Waals surface area contributed by atoms with Crippen molar-refractivity contribution in [1.29, 1.82) is 0 Å². The lowest BCUT2D eigenvalue weighted by Gasteiger charge is -2.09. The Morgan fingerprint density at radius 2 is 1.58 bits per heavy atom. The fraction of sp³-hybridized carbons (Fsp3) is 0. The van der Waals surface area contributed by atoms with Crippen molar-refractivity contribution in [3.8, 4) is 5.75 Å². The number of hydrogen-bond acceptors (Lipinski definition) is 7. The first-order chi connectivity index (χ1) is 14.5. The van der Waals surface area contributed by atoms with E-state index in [-0.39, 0.29) is 16.5 Å². The Hall–Kier alpha value is -3.03. The number of azo groups is 1. The van der Waals surface area contributed by atoms with Crippen LogP contribution in [-0.2, 0) is 20.2 Å². The van der Waals surface area contributed by atoms with Gasteiger partial charge in [0.1, 0.15) is 16.3 Å². The summed E-state index contributed by atoms with van der Waals surface area (Å²) in [4.78, 5) is -1.42. The summed E-state index contributed by atoms with van der Waals surface area (Å²) in [5.74, 6) is -0.882. The third kappa shape index (κ3) is 3.86. The van der Waals surface area contributed by atoms with Crippen molar-refractivity contribution in [3.63, 3.8) is 0 Å². The molecular weight excluding hydrogens is 470 g/mol. The minimum Gasteiger partial charge on any atom is -0.504 e. The minimum absolute atomic E-state index is 0.0331. The molecule has 0 saturated carbocycles. The van der Waals surface area contributed by atoms with Gasteiger partial charge in [-0.05, 0) is 29.7 Å². The van der Waals surface area contributed by atoms with Crippen LogP contribution in [0.3, 0.4) is 0 Å². The molecule has 1 aromatic heterocycles. The summed E-state index contributed by atoms with van der Waals surface area (Å²) in [6, 6.07) is 11.1. The summed E-state index contributed by atoms with van der Waals surface area (Å²) in [5, 5.41) is 19.2. The lowest BCUT2D eigenvalue weighted by atomic mass is 10.1. The van der Waals surface area contributed by atoms with Crippen LogP contribution in [0.1, 0.15) is 0 Å². The largest absolute Gasteiger partial charge is 0.504 e. The van der Waals surface area contributed by atoms with Crippen LogP contribution >= 0.6 is 11.8 Å². The third-order valence-corrected chi connectivity index (χ3v) is 6.50. The van der Waals surface area contributed by atoms with Gasteiger partial charge in [0, 0.05) is 22.5 Å². The Balaban J connectivity index is 1.99. The monoisotopic (exact) mass is 481 g/mol. The highest BCUT2D eigenvalue weighted by molar-refractivity contribution is 7.86. The minimum atomic E-state index is -4.90. The van der Waals surface area contributed by atoms with E-state index in [1.54, 1.807) is 24.3 Å². The van der Waals surface area contributed by atoms with E-state index in [0.717, 1.165) is 18.2 Å². The van der Waals surface area contributed by atoms with Crippen LogP contribution in [0.4, 0.5) is 11.4 Å². The molecule has 31 heavy (non-hydrogen) atoms. The van der Waals surface area contributed by atoms with Crippen molar-refractivity contribution >= 4 is 65.1 Å². The van der Waals surface area contributed by atoms with E-state index in [1.165, 1.54) is 16.3 Å². The Bertz CT molecular complexity index is 1610. The van der Waals surface area contributed by atoms with Crippen LogP contribution in [0.2, 0.25) is 0 Å². The number of nitrogens with zero attached hydrogens (tertiary/aromatic N) is 3. The van der Waals surface area contributed by atoms with Gasteiger partial charge in [-0.25, -0.2) is 0 Å². The van der Waals surface area contributed by atoms with Gasteiger partial charge >= 0.3 is 0 Å². The van der Waals surface area contributed by atoms with Crippen molar-refractivity contribution in [3.05, 3.63) is 54.7 Å². The van der Waals surface area contributed by atoms with Crippen LogP contribution in [0, 0.1) is 0 Å².